The maximum atomic E-state index is 12.5. The van der Waals surface area contributed by atoms with Gasteiger partial charge in [0, 0.05) is 17.2 Å². The van der Waals surface area contributed by atoms with Gasteiger partial charge in [-0.3, -0.25) is 4.79 Å². The molecule has 2 aromatic carbocycles. The summed E-state index contributed by atoms with van der Waals surface area (Å²) in [6, 6.07) is 17.7. The van der Waals surface area contributed by atoms with Crippen LogP contribution in [0, 0.1) is 0 Å². The topological polar surface area (TPSA) is 38.3 Å². The zero-order valence-corrected chi connectivity index (χ0v) is 12.6. The number of amides is 1. The summed E-state index contributed by atoms with van der Waals surface area (Å²) in [7, 11) is 0. The lowest BCUT2D eigenvalue weighted by atomic mass is 10.1. The van der Waals surface area contributed by atoms with E-state index in [1.165, 1.54) is 12.8 Å². The average molecular weight is 295 g/mol. The van der Waals surface area contributed by atoms with Crippen molar-refractivity contribution in [3.05, 3.63) is 65.7 Å². The molecule has 2 aromatic rings. The summed E-state index contributed by atoms with van der Waals surface area (Å²) >= 11 is 0. The van der Waals surface area contributed by atoms with Crippen LogP contribution in [-0.2, 0) is 6.61 Å². The number of benzene rings is 2. The first-order valence-electron chi connectivity index (χ1n) is 7.89. The summed E-state index contributed by atoms with van der Waals surface area (Å²) in [5.74, 6) is 0.827. The molecule has 1 aliphatic carbocycles. The Hall–Kier alpha value is -2.29. The normalized spacial score (nSPS) is 14.7. The first kappa shape index (κ1) is 14.6. The van der Waals surface area contributed by atoms with Crippen molar-refractivity contribution in [1.82, 2.24) is 5.32 Å². The van der Waals surface area contributed by atoms with Gasteiger partial charge in [-0.05, 0) is 31.0 Å². The summed E-state index contributed by atoms with van der Waals surface area (Å²) in [4.78, 5) is 12.5. The lowest BCUT2D eigenvalue weighted by molar-refractivity contribution is 0.0935. The summed E-state index contributed by atoms with van der Waals surface area (Å²) < 4.78 is 5.77. The molecule has 114 valence electrons. The number of hydrogen-bond donors (Lipinski definition) is 1. The van der Waals surface area contributed by atoms with E-state index in [2.05, 4.69) is 5.32 Å². The Morgan fingerprint density at radius 2 is 1.68 bits per heavy atom. The number of ether oxygens (including phenoxy) is 1. The summed E-state index contributed by atoms with van der Waals surface area (Å²) in [6.45, 7) is 0.401. The van der Waals surface area contributed by atoms with Gasteiger partial charge in [-0.15, -0.1) is 0 Å². The minimum atomic E-state index is 0.0131. The van der Waals surface area contributed by atoms with Gasteiger partial charge in [0.1, 0.15) is 12.4 Å². The maximum Gasteiger partial charge on any atom is 0.251 e. The highest BCUT2D eigenvalue weighted by molar-refractivity contribution is 5.95. The standard InChI is InChI=1S/C19H21NO2/c21-19(20-16-9-5-6-10-16)18-13-7-4-8-15(18)14-22-17-11-2-1-3-12-17/h1-4,7-8,11-13,16H,5-6,9-10,14H2,(H,20,21). The Morgan fingerprint density at radius 1 is 1.00 bits per heavy atom. The second-order valence-electron chi connectivity index (χ2n) is 5.71. The Kier molecular flexibility index (Phi) is 4.74. The summed E-state index contributed by atoms with van der Waals surface area (Å²) in [5.41, 5.74) is 1.63. The van der Waals surface area contributed by atoms with E-state index in [9.17, 15) is 4.79 Å². The molecule has 1 N–H and O–H groups in total. The molecule has 1 aliphatic rings. The molecular weight excluding hydrogens is 274 g/mol. The molecule has 0 spiro atoms. The van der Waals surface area contributed by atoms with Gasteiger partial charge in [-0.1, -0.05) is 49.2 Å². The van der Waals surface area contributed by atoms with Crippen molar-refractivity contribution in [3.8, 4) is 5.75 Å². The summed E-state index contributed by atoms with van der Waals surface area (Å²) in [6.07, 6.45) is 4.61. The molecule has 0 atom stereocenters. The highest BCUT2D eigenvalue weighted by Crippen LogP contribution is 2.19. The molecule has 22 heavy (non-hydrogen) atoms. The van der Waals surface area contributed by atoms with Crippen LogP contribution < -0.4 is 10.1 Å². The fourth-order valence-electron chi connectivity index (χ4n) is 2.88. The minimum Gasteiger partial charge on any atom is -0.489 e. The number of nitrogens with one attached hydrogen (secondary N) is 1. The molecule has 0 heterocycles. The molecular formula is C19H21NO2. The van der Waals surface area contributed by atoms with Crippen molar-refractivity contribution in [1.29, 1.82) is 0 Å². The minimum absolute atomic E-state index is 0.0131. The first-order chi connectivity index (χ1) is 10.8. The number of para-hydroxylation sites is 1. The van der Waals surface area contributed by atoms with Crippen molar-refractivity contribution in [3.63, 3.8) is 0 Å². The van der Waals surface area contributed by atoms with Crippen LogP contribution in [0.3, 0.4) is 0 Å². The lowest BCUT2D eigenvalue weighted by Gasteiger charge is -2.15. The van der Waals surface area contributed by atoms with Crippen molar-refractivity contribution < 1.29 is 9.53 Å². The SMILES string of the molecule is O=C(NC1CCCC1)c1ccccc1COc1ccccc1. The van der Waals surface area contributed by atoms with Crippen LogP contribution >= 0.6 is 0 Å². The van der Waals surface area contributed by atoms with Gasteiger partial charge in [0.05, 0.1) is 0 Å². The predicted molar refractivity (Wildman–Crippen MR) is 86.9 cm³/mol. The lowest BCUT2D eigenvalue weighted by Crippen LogP contribution is -2.33. The Balaban J connectivity index is 1.67. The molecule has 1 saturated carbocycles. The summed E-state index contributed by atoms with van der Waals surface area (Å²) in [5, 5.41) is 3.14. The first-order valence-corrected chi connectivity index (χ1v) is 7.89. The monoisotopic (exact) mass is 295 g/mol. The molecule has 0 radical (unpaired) electrons. The molecule has 3 nitrogen and oxygen atoms in total. The van der Waals surface area contributed by atoms with Crippen LogP contribution in [0.2, 0.25) is 0 Å². The maximum absolute atomic E-state index is 12.5. The van der Waals surface area contributed by atoms with Gasteiger partial charge in [0.15, 0.2) is 0 Å². The van der Waals surface area contributed by atoms with Crippen LogP contribution in [0.25, 0.3) is 0 Å². The highest BCUT2D eigenvalue weighted by atomic mass is 16.5. The van der Waals surface area contributed by atoms with Crippen LogP contribution in [-0.4, -0.2) is 11.9 Å². The van der Waals surface area contributed by atoms with Crippen LogP contribution in [0.15, 0.2) is 54.6 Å². The molecule has 0 aliphatic heterocycles. The van der Waals surface area contributed by atoms with E-state index >= 15 is 0 Å². The molecule has 0 aromatic heterocycles. The van der Waals surface area contributed by atoms with Gasteiger partial charge < -0.3 is 10.1 Å². The van der Waals surface area contributed by atoms with E-state index < -0.39 is 0 Å². The third-order valence-electron chi connectivity index (χ3n) is 4.09. The molecule has 3 heteroatoms. The van der Waals surface area contributed by atoms with Gasteiger partial charge in [0.25, 0.3) is 5.91 Å². The number of carbonyl (C=O) groups excluding carboxylic acids is 1. The van der Waals surface area contributed by atoms with Gasteiger partial charge in [-0.2, -0.15) is 0 Å². The third-order valence-corrected chi connectivity index (χ3v) is 4.09. The zero-order valence-electron chi connectivity index (χ0n) is 12.6. The quantitative estimate of drug-likeness (QED) is 0.907. The van der Waals surface area contributed by atoms with E-state index in [0.717, 1.165) is 24.2 Å². The van der Waals surface area contributed by atoms with Crippen molar-refractivity contribution >= 4 is 5.91 Å². The Morgan fingerprint density at radius 3 is 2.45 bits per heavy atom. The predicted octanol–water partition coefficient (Wildman–Crippen LogP) is 3.94. The van der Waals surface area contributed by atoms with Crippen molar-refractivity contribution in [2.45, 2.75) is 38.3 Å². The van der Waals surface area contributed by atoms with Gasteiger partial charge in [0.2, 0.25) is 0 Å². The highest BCUT2D eigenvalue weighted by Gasteiger charge is 2.19. The Labute approximate surface area is 131 Å². The number of carbonyl (C=O) groups is 1. The molecule has 1 amide bonds. The molecule has 1 fully saturated rings. The largest absolute Gasteiger partial charge is 0.489 e. The fraction of sp³-hybridized carbons (Fsp3) is 0.316. The molecule has 0 bridgehead atoms. The van der Waals surface area contributed by atoms with Gasteiger partial charge >= 0.3 is 0 Å². The van der Waals surface area contributed by atoms with Crippen molar-refractivity contribution in [2.24, 2.45) is 0 Å². The van der Waals surface area contributed by atoms with Crippen LogP contribution in [0.1, 0.15) is 41.6 Å². The average Bonchev–Trinajstić information content (AvgIpc) is 3.07. The van der Waals surface area contributed by atoms with E-state index in [1.54, 1.807) is 0 Å². The van der Waals surface area contributed by atoms with E-state index in [-0.39, 0.29) is 5.91 Å². The van der Waals surface area contributed by atoms with E-state index in [4.69, 9.17) is 4.74 Å². The molecule has 0 unspecified atom stereocenters. The molecule has 0 saturated heterocycles. The molecule has 3 rings (SSSR count). The van der Waals surface area contributed by atoms with Crippen molar-refractivity contribution in [2.75, 3.05) is 0 Å². The smallest absolute Gasteiger partial charge is 0.251 e. The number of hydrogen-bond acceptors (Lipinski definition) is 2. The second kappa shape index (κ2) is 7.12. The van der Waals surface area contributed by atoms with Gasteiger partial charge in [-0.25, -0.2) is 0 Å². The second-order valence-corrected chi connectivity index (χ2v) is 5.71. The zero-order chi connectivity index (χ0) is 15.2. The van der Waals surface area contributed by atoms with Crippen LogP contribution in [0.5, 0.6) is 5.75 Å². The van der Waals surface area contributed by atoms with Crippen LogP contribution in [0.4, 0.5) is 0 Å². The third kappa shape index (κ3) is 3.67. The number of rotatable bonds is 5. The fourth-order valence-corrected chi connectivity index (χ4v) is 2.88. The van der Waals surface area contributed by atoms with E-state index in [1.807, 2.05) is 54.6 Å². The van der Waals surface area contributed by atoms with E-state index in [0.29, 0.717) is 18.2 Å². The Bertz CT molecular complexity index is 618.